The first kappa shape index (κ1) is 17.1. The summed E-state index contributed by atoms with van der Waals surface area (Å²) in [6.07, 6.45) is 5.11. The minimum Gasteiger partial charge on any atom is -0.507 e. The molecule has 0 aliphatic rings. The summed E-state index contributed by atoms with van der Waals surface area (Å²) >= 11 is 5.81. The fourth-order valence-corrected chi connectivity index (χ4v) is 2.02. The number of non-ortho nitro benzene ring substituents is 1. The van der Waals surface area contributed by atoms with Gasteiger partial charge in [-0.2, -0.15) is 0 Å². The first-order chi connectivity index (χ1) is 11.4. The van der Waals surface area contributed by atoms with Gasteiger partial charge >= 0.3 is 0 Å². The van der Waals surface area contributed by atoms with Gasteiger partial charge in [-0.25, -0.2) is 0 Å². The number of nitrogens with zero attached hydrogens (tertiary/aromatic N) is 1. The van der Waals surface area contributed by atoms with Gasteiger partial charge in [0.2, 0.25) is 0 Å². The van der Waals surface area contributed by atoms with Crippen LogP contribution >= 0.6 is 11.6 Å². The van der Waals surface area contributed by atoms with Crippen LogP contribution < -0.4 is 10.1 Å². The molecule has 7 nitrogen and oxygen atoms in total. The average molecular weight is 347 g/mol. The van der Waals surface area contributed by atoms with Crippen molar-refractivity contribution < 1.29 is 19.6 Å². The molecule has 122 valence electrons. The molecule has 2 rings (SSSR count). The number of aromatic hydroxyl groups is 1. The van der Waals surface area contributed by atoms with Crippen LogP contribution in [0.25, 0.3) is 0 Å². The maximum absolute atomic E-state index is 12.3. The summed E-state index contributed by atoms with van der Waals surface area (Å²) in [5, 5.41) is 23.3. The maximum Gasteiger partial charge on any atom is 0.273 e. The van der Waals surface area contributed by atoms with E-state index in [4.69, 9.17) is 22.8 Å². The Morgan fingerprint density at radius 3 is 2.79 bits per heavy atom. The van der Waals surface area contributed by atoms with Gasteiger partial charge in [0.15, 0.2) is 5.75 Å². The summed E-state index contributed by atoms with van der Waals surface area (Å²) in [7, 11) is 0. The zero-order valence-electron chi connectivity index (χ0n) is 12.2. The Kier molecular flexibility index (Phi) is 5.24. The molecule has 0 spiro atoms. The van der Waals surface area contributed by atoms with Gasteiger partial charge in [0.1, 0.15) is 12.4 Å². The Bertz CT molecular complexity index is 845. The summed E-state index contributed by atoms with van der Waals surface area (Å²) < 4.78 is 5.22. The number of ether oxygens (including phenoxy) is 1. The predicted octanol–water partition coefficient (Wildman–Crippen LogP) is 3.22. The number of phenols is 1. The molecule has 0 heterocycles. The van der Waals surface area contributed by atoms with Crippen LogP contribution in [0.2, 0.25) is 5.02 Å². The van der Waals surface area contributed by atoms with Crippen LogP contribution in [0.3, 0.4) is 0 Å². The molecule has 0 unspecified atom stereocenters. The van der Waals surface area contributed by atoms with Gasteiger partial charge in [-0.3, -0.25) is 14.9 Å². The van der Waals surface area contributed by atoms with E-state index in [9.17, 15) is 20.0 Å². The summed E-state index contributed by atoms with van der Waals surface area (Å²) in [5.41, 5.74) is -0.102. The third kappa shape index (κ3) is 3.94. The van der Waals surface area contributed by atoms with E-state index in [-0.39, 0.29) is 40.1 Å². The first-order valence-corrected chi connectivity index (χ1v) is 6.94. The Balaban J connectivity index is 2.34. The van der Waals surface area contributed by atoms with Gasteiger partial charge in [-0.05, 0) is 24.3 Å². The molecule has 0 radical (unpaired) electrons. The van der Waals surface area contributed by atoms with E-state index in [1.807, 2.05) is 0 Å². The molecular formula is C16H11ClN2O5. The van der Waals surface area contributed by atoms with Gasteiger partial charge in [0.25, 0.3) is 11.6 Å². The molecule has 2 aromatic rings. The van der Waals surface area contributed by atoms with Crippen molar-refractivity contribution in [3.8, 4) is 23.8 Å². The highest BCUT2D eigenvalue weighted by Gasteiger charge is 2.17. The molecule has 0 saturated carbocycles. The van der Waals surface area contributed by atoms with E-state index in [1.165, 1.54) is 30.3 Å². The monoisotopic (exact) mass is 346 g/mol. The first-order valence-electron chi connectivity index (χ1n) is 6.57. The number of halogens is 1. The van der Waals surface area contributed by atoms with Crippen LogP contribution in [-0.4, -0.2) is 22.5 Å². The molecule has 0 atom stereocenters. The Morgan fingerprint density at radius 2 is 2.12 bits per heavy atom. The van der Waals surface area contributed by atoms with Crippen molar-refractivity contribution in [3.05, 3.63) is 57.1 Å². The summed E-state index contributed by atoms with van der Waals surface area (Å²) in [5.74, 6) is 1.35. The second kappa shape index (κ2) is 7.35. The maximum atomic E-state index is 12.3. The predicted molar refractivity (Wildman–Crippen MR) is 88.5 cm³/mol. The number of nitrogens with one attached hydrogen (secondary N) is 1. The normalized spacial score (nSPS) is 9.83. The number of phenolic OH excluding ortho intramolecular Hbond substituents is 1. The fourth-order valence-electron chi connectivity index (χ4n) is 1.85. The molecular weight excluding hydrogens is 336 g/mol. The zero-order chi connectivity index (χ0) is 17.7. The van der Waals surface area contributed by atoms with Crippen molar-refractivity contribution in [3.63, 3.8) is 0 Å². The molecule has 0 aliphatic carbocycles. The molecule has 24 heavy (non-hydrogen) atoms. The second-order valence-corrected chi connectivity index (χ2v) is 4.98. The number of carbonyl (C=O) groups is 1. The lowest BCUT2D eigenvalue weighted by molar-refractivity contribution is -0.384. The molecule has 2 aromatic carbocycles. The van der Waals surface area contributed by atoms with E-state index in [2.05, 4.69) is 11.2 Å². The number of anilines is 1. The number of rotatable bonds is 5. The lowest BCUT2D eigenvalue weighted by Crippen LogP contribution is -2.13. The topological polar surface area (TPSA) is 102 Å². The van der Waals surface area contributed by atoms with Crippen LogP contribution in [0.5, 0.6) is 11.5 Å². The van der Waals surface area contributed by atoms with Crippen molar-refractivity contribution in [1.82, 2.24) is 0 Å². The number of terminal acetylenes is 1. The minimum absolute atomic E-state index is 0.0389. The molecule has 0 bridgehead atoms. The van der Waals surface area contributed by atoms with Crippen LogP contribution in [0.4, 0.5) is 11.4 Å². The summed E-state index contributed by atoms with van der Waals surface area (Å²) in [4.78, 5) is 22.5. The standard InChI is InChI=1S/C16H11ClN2O5/c1-2-7-24-15-9-11(19(22)23)4-5-13(15)18-16(21)12-8-10(17)3-6-14(12)20/h1,3-6,8-9,20H,7H2,(H,18,21). The van der Waals surface area contributed by atoms with Gasteiger partial charge in [0, 0.05) is 11.1 Å². The lowest BCUT2D eigenvalue weighted by atomic mass is 10.1. The average Bonchev–Trinajstić information content (AvgIpc) is 2.55. The van der Waals surface area contributed by atoms with Gasteiger partial charge in [-0.15, -0.1) is 6.42 Å². The molecule has 0 aliphatic heterocycles. The molecule has 0 fully saturated rings. The quantitative estimate of drug-likeness (QED) is 0.491. The minimum atomic E-state index is -0.658. The van der Waals surface area contributed by atoms with Crippen molar-refractivity contribution in [2.75, 3.05) is 11.9 Å². The number of nitro groups is 1. The highest BCUT2D eigenvalue weighted by molar-refractivity contribution is 6.31. The molecule has 0 saturated heterocycles. The summed E-state index contributed by atoms with van der Waals surface area (Å²) in [6, 6.07) is 7.66. The zero-order valence-corrected chi connectivity index (χ0v) is 12.9. The number of carbonyl (C=O) groups excluding carboxylic acids is 1. The van der Waals surface area contributed by atoms with E-state index in [0.29, 0.717) is 0 Å². The Labute approximate surface area is 142 Å². The van der Waals surface area contributed by atoms with Crippen molar-refractivity contribution in [2.24, 2.45) is 0 Å². The van der Waals surface area contributed by atoms with Crippen molar-refractivity contribution in [2.45, 2.75) is 0 Å². The Morgan fingerprint density at radius 1 is 1.38 bits per heavy atom. The van der Waals surface area contributed by atoms with Gasteiger partial charge in [0.05, 0.1) is 22.2 Å². The lowest BCUT2D eigenvalue weighted by Gasteiger charge is -2.12. The highest BCUT2D eigenvalue weighted by Crippen LogP contribution is 2.31. The third-order valence-electron chi connectivity index (χ3n) is 2.94. The number of benzene rings is 2. The molecule has 1 amide bonds. The van der Waals surface area contributed by atoms with E-state index < -0.39 is 10.8 Å². The second-order valence-electron chi connectivity index (χ2n) is 4.55. The molecule has 2 N–H and O–H groups in total. The van der Waals surface area contributed by atoms with Crippen molar-refractivity contribution >= 4 is 28.9 Å². The van der Waals surface area contributed by atoms with Crippen molar-refractivity contribution in [1.29, 1.82) is 0 Å². The number of nitro benzene ring substituents is 1. The summed E-state index contributed by atoms with van der Waals surface area (Å²) in [6.45, 7) is -0.132. The van der Waals surface area contributed by atoms with E-state index >= 15 is 0 Å². The van der Waals surface area contributed by atoms with E-state index in [1.54, 1.807) is 0 Å². The fraction of sp³-hybridized carbons (Fsp3) is 0.0625. The largest absolute Gasteiger partial charge is 0.507 e. The number of hydrogen-bond acceptors (Lipinski definition) is 5. The van der Waals surface area contributed by atoms with Crippen LogP contribution in [0.15, 0.2) is 36.4 Å². The number of amides is 1. The van der Waals surface area contributed by atoms with Gasteiger partial charge in [-0.1, -0.05) is 17.5 Å². The highest BCUT2D eigenvalue weighted by atomic mass is 35.5. The van der Waals surface area contributed by atoms with Crippen LogP contribution in [0, 0.1) is 22.5 Å². The SMILES string of the molecule is C#CCOc1cc([N+](=O)[O-])ccc1NC(=O)c1cc(Cl)ccc1O. The molecule has 8 heteroatoms. The smallest absolute Gasteiger partial charge is 0.273 e. The van der Waals surface area contributed by atoms with Crippen LogP contribution in [0.1, 0.15) is 10.4 Å². The third-order valence-corrected chi connectivity index (χ3v) is 3.17. The molecule has 0 aromatic heterocycles. The number of hydrogen-bond donors (Lipinski definition) is 2. The van der Waals surface area contributed by atoms with E-state index in [0.717, 1.165) is 6.07 Å². The van der Waals surface area contributed by atoms with Gasteiger partial charge < -0.3 is 15.2 Å². The Hall–Kier alpha value is -3.24. The van der Waals surface area contributed by atoms with Crippen LogP contribution in [-0.2, 0) is 0 Å².